The molecule has 2 heteroatoms. The van der Waals surface area contributed by atoms with E-state index in [9.17, 15) is 0 Å². The molecule has 0 radical (unpaired) electrons. The van der Waals surface area contributed by atoms with Crippen molar-refractivity contribution in [2.24, 2.45) is 11.3 Å². The van der Waals surface area contributed by atoms with E-state index in [0.717, 1.165) is 5.31 Å². The second kappa shape index (κ2) is 3.88. The zero-order chi connectivity index (χ0) is 9.07. The van der Waals surface area contributed by atoms with Crippen LogP contribution in [0.25, 0.3) is 0 Å². The van der Waals surface area contributed by atoms with Crippen LogP contribution in [-0.4, -0.2) is 0 Å². The first-order chi connectivity index (χ1) is 4.90. The Bertz CT molecular complexity index is 196. The fraction of sp³-hybridized carbons (Fsp3) is 0.667. The summed E-state index contributed by atoms with van der Waals surface area (Å²) in [5.41, 5.74) is 0.118. The van der Waals surface area contributed by atoms with Gasteiger partial charge in [0, 0.05) is 5.31 Å². The maximum absolute atomic E-state index is 8.54. The molecule has 0 aromatic heterocycles. The summed E-state index contributed by atoms with van der Waals surface area (Å²) < 4.78 is 0. The van der Waals surface area contributed by atoms with Gasteiger partial charge in [0.2, 0.25) is 0 Å². The Morgan fingerprint density at radius 1 is 1.55 bits per heavy atom. The highest BCUT2D eigenvalue weighted by Crippen LogP contribution is 2.29. The van der Waals surface area contributed by atoms with Gasteiger partial charge in [-0.3, -0.25) is 0 Å². The Labute approximate surface area is 71.7 Å². The van der Waals surface area contributed by atoms with Gasteiger partial charge in [0.05, 0.1) is 6.07 Å². The van der Waals surface area contributed by atoms with Crippen LogP contribution in [0, 0.1) is 22.7 Å². The van der Waals surface area contributed by atoms with Gasteiger partial charge in [-0.05, 0) is 11.3 Å². The van der Waals surface area contributed by atoms with Crippen molar-refractivity contribution in [2.45, 2.75) is 27.7 Å². The molecule has 0 amide bonds. The van der Waals surface area contributed by atoms with Crippen molar-refractivity contribution < 1.29 is 0 Å². The Balaban J connectivity index is 4.49. The Morgan fingerprint density at radius 2 is 2.00 bits per heavy atom. The van der Waals surface area contributed by atoms with Crippen molar-refractivity contribution in [1.29, 1.82) is 5.26 Å². The van der Waals surface area contributed by atoms with E-state index in [1.165, 1.54) is 0 Å². The normalized spacial score (nSPS) is 13.4. The minimum atomic E-state index is 0.118. The lowest BCUT2D eigenvalue weighted by atomic mass is 9.81. The van der Waals surface area contributed by atoms with Crippen LogP contribution in [0.5, 0.6) is 0 Å². The molecule has 11 heavy (non-hydrogen) atoms. The van der Waals surface area contributed by atoms with E-state index in [1.807, 2.05) is 6.08 Å². The highest BCUT2D eigenvalue weighted by molar-refractivity contribution is 7.23. The minimum absolute atomic E-state index is 0.118. The van der Waals surface area contributed by atoms with Crippen LogP contribution >= 0.6 is 9.24 Å². The third kappa shape index (κ3) is 3.54. The fourth-order valence-electron chi connectivity index (χ4n) is 0.600. The summed E-state index contributed by atoms with van der Waals surface area (Å²) in [6.45, 7) is 8.59. The van der Waals surface area contributed by atoms with Crippen LogP contribution in [0.1, 0.15) is 27.7 Å². The summed E-state index contributed by atoms with van der Waals surface area (Å²) in [6.07, 6.45) is 2.00. The fourth-order valence-corrected chi connectivity index (χ4v) is 1.03. The summed E-state index contributed by atoms with van der Waals surface area (Å²) in [7, 11) is 2.44. The predicted octanol–water partition coefficient (Wildman–Crippen LogP) is 2.95. The van der Waals surface area contributed by atoms with Crippen molar-refractivity contribution in [3.8, 4) is 6.07 Å². The van der Waals surface area contributed by atoms with Crippen LogP contribution in [0.3, 0.4) is 0 Å². The van der Waals surface area contributed by atoms with Crippen LogP contribution in [0.4, 0.5) is 0 Å². The van der Waals surface area contributed by atoms with Gasteiger partial charge in [0.15, 0.2) is 0 Å². The summed E-state index contributed by atoms with van der Waals surface area (Å²) in [5, 5.41) is 9.27. The standard InChI is InChI=1S/C9H16NP/c1-7(2)9(3,4)5-8(11)6-10/h5,7H,11H2,1-4H3/b8-5+. The summed E-state index contributed by atoms with van der Waals surface area (Å²) in [5.74, 6) is 0.561. The molecule has 1 unspecified atom stereocenters. The van der Waals surface area contributed by atoms with Gasteiger partial charge in [-0.2, -0.15) is 5.26 Å². The maximum Gasteiger partial charge on any atom is 0.0987 e. The van der Waals surface area contributed by atoms with Gasteiger partial charge in [-0.1, -0.05) is 43.0 Å². The SMILES string of the molecule is CC(C)C(C)(C)/C=C(/P)C#N. The number of hydrogen-bond acceptors (Lipinski definition) is 1. The topological polar surface area (TPSA) is 23.8 Å². The molecule has 0 N–H and O–H groups in total. The third-order valence-corrected chi connectivity index (χ3v) is 2.44. The molecule has 0 aliphatic heterocycles. The van der Waals surface area contributed by atoms with Gasteiger partial charge < -0.3 is 0 Å². The smallest absolute Gasteiger partial charge is 0.0987 e. The third-order valence-electron chi connectivity index (χ3n) is 2.14. The van der Waals surface area contributed by atoms with E-state index in [0.29, 0.717) is 5.92 Å². The van der Waals surface area contributed by atoms with Crippen molar-refractivity contribution in [3.05, 3.63) is 11.4 Å². The molecule has 0 aliphatic rings. The minimum Gasteiger partial charge on any atom is -0.192 e. The molecule has 0 saturated carbocycles. The molecular weight excluding hydrogens is 153 g/mol. The summed E-state index contributed by atoms with van der Waals surface area (Å²) in [4.78, 5) is 0. The summed E-state index contributed by atoms with van der Waals surface area (Å²) in [6, 6.07) is 2.10. The molecule has 0 fully saturated rings. The average molecular weight is 169 g/mol. The first-order valence-corrected chi connectivity index (χ1v) is 4.36. The Morgan fingerprint density at radius 3 is 2.27 bits per heavy atom. The average Bonchev–Trinajstić information content (AvgIpc) is 1.86. The van der Waals surface area contributed by atoms with Crippen LogP contribution in [0.2, 0.25) is 0 Å². The van der Waals surface area contributed by atoms with Gasteiger partial charge in [-0.15, -0.1) is 0 Å². The molecule has 0 saturated heterocycles. The van der Waals surface area contributed by atoms with E-state index in [-0.39, 0.29) is 5.41 Å². The lowest BCUT2D eigenvalue weighted by Gasteiger charge is -2.25. The molecule has 0 aromatic carbocycles. The van der Waals surface area contributed by atoms with E-state index in [1.54, 1.807) is 0 Å². The molecule has 1 nitrogen and oxygen atoms in total. The van der Waals surface area contributed by atoms with Gasteiger partial charge >= 0.3 is 0 Å². The van der Waals surface area contributed by atoms with Crippen molar-refractivity contribution >= 4 is 9.24 Å². The van der Waals surface area contributed by atoms with E-state index in [2.05, 4.69) is 43.0 Å². The van der Waals surface area contributed by atoms with Crippen LogP contribution in [0.15, 0.2) is 11.4 Å². The lowest BCUT2D eigenvalue weighted by Crippen LogP contribution is -2.15. The zero-order valence-corrected chi connectivity index (χ0v) is 8.83. The number of nitriles is 1. The Kier molecular flexibility index (Phi) is 3.76. The number of hydrogen-bond donors (Lipinski definition) is 0. The number of rotatable bonds is 2. The quantitative estimate of drug-likeness (QED) is 0.460. The summed E-state index contributed by atoms with van der Waals surface area (Å²) >= 11 is 0. The molecule has 0 bridgehead atoms. The van der Waals surface area contributed by atoms with Gasteiger partial charge in [0.1, 0.15) is 0 Å². The molecule has 1 atom stereocenters. The first-order valence-electron chi connectivity index (χ1n) is 3.78. The molecule has 0 aliphatic carbocycles. The number of allylic oxidation sites excluding steroid dienone is 2. The first kappa shape index (κ1) is 10.7. The second-order valence-electron chi connectivity index (χ2n) is 3.69. The van der Waals surface area contributed by atoms with Crippen molar-refractivity contribution in [1.82, 2.24) is 0 Å². The predicted molar refractivity (Wildman–Crippen MR) is 52.0 cm³/mol. The highest BCUT2D eigenvalue weighted by Gasteiger charge is 2.19. The zero-order valence-electron chi connectivity index (χ0n) is 7.68. The number of nitrogens with zero attached hydrogens (tertiary/aromatic N) is 1. The van der Waals surface area contributed by atoms with Gasteiger partial charge in [-0.25, -0.2) is 0 Å². The molecule has 0 heterocycles. The molecular formula is C9H16NP. The van der Waals surface area contributed by atoms with E-state index < -0.39 is 0 Å². The second-order valence-corrected chi connectivity index (χ2v) is 4.31. The van der Waals surface area contributed by atoms with Crippen LogP contribution in [-0.2, 0) is 0 Å². The van der Waals surface area contributed by atoms with Crippen LogP contribution < -0.4 is 0 Å². The van der Waals surface area contributed by atoms with Gasteiger partial charge in [0.25, 0.3) is 0 Å². The highest BCUT2D eigenvalue weighted by atomic mass is 31.0. The monoisotopic (exact) mass is 169 g/mol. The van der Waals surface area contributed by atoms with E-state index >= 15 is 0 Å². The molecule has 0 aromatic rings. The Hall–Kier alpha value is -0.340. The molecule has 0 spiro atoms. The van der Waals surface area contributed by atoms with Crippen molar-refractivity contribution in [3.63, 3.8) is 0 Å². The van der Waals surface area contributed by atoms with E-state index in [4.69, 9.17) is 5.26 Å². The largest absolute Gasteiger partial charge is 0.192 e. The molecule has 62 valence electrons. The lowest BCUT2D eigenvalue weighted by molar-refractivity contribution is 0.333. The maximum atomic E-state index is 8.54. The van der Waals surface area contributed by atoms with Crippen molar-refractivity contribution in [2.75, 3.05) is 0 Å². The molecule has 0 rings (SSSR count).